The van der Waals surface area contributed by atoms with Crippen molar-refractivity contribution in [1.82, 2.24) is 5.32 Å². The van der Waals surface area contributed by atoms with E-state index in [4.69, 9.17) is 14.2 Å². The number of rotatable bonds is 10. The molecule has 0 aromatic heterocycles. The summed E-state index contributed by atoms with van der Waals surface area (Å²) in [5, 5.41) is 12.2. The highest BCUT2D eigenvalue weighted by Crippen LogP contribution is 2.44. The Morgan fingerprint density at radius 3 is 2.08 bits per heavy atom. The maximum Gasteiger partial charge on any atom is 0.407 e. The predicted octanol–water partition coefficient (Wildman–Crippen LogP) is 4.68. The number of carboxylic acids is 1. The molecule has 0 fully saturated rings. The number of nitrogens with one attached hydrogen (secondary N) is 1. The lowest BCUT2D eigenvalue weighted by Gasteiger charge is -2.29. The molecule has 39 heavy (non-hydrogen) atoms. The van der Waals surface area contributed by atoms with Crippen LogP contribution in [0.15, 0.2) is 66.7 Å². The minimum atomic E-state index is -1.22. The molecule has 0 aliphatic heterocycles. The number of fused-ring (bicyclic) bond motifs is 3. The second-order valence-corrected chi connectivity index (χ2v) is 9.55. The van der Waals surface area contributed by atoms with Crippen LogP contribution in [0.5, 0.6) is 11.5 Å². The standard InChI is InChI=1S/C30H32N2O7/c1-18(2)28(29(35)32(16-27(33)34)25-14-13-19(37-3)15-26(25)38-4)31-30(36)39-17-24-22-11-7-5-9-20(22)21-10-6-8-12-23(21)24/h5-15,18,24,28H,16-17H2,1-4H3,(H,31,36)(H,33,34). The molecule has 1 unspecified atom stereocenters. The van der Waals surface area contributed by atoms with E-state index >= 15 is 0 Å². The fourth-order valence-electron chi connectivity index (χ4n) is 4.87. The minimum absolute atomic E-state index is 0.0873. The van der Waals surface area contributed by atoms with Gasteiger partial charge < -0.3 is 24.6 Å². The van der Waals surface area contributed by atoms with Crippen LogP contribution in [0, 0.1) is 5.92 Å². The molecular formula is C30H32N2O7. The van der Waals surface area contributed by atoms with Crippen LogP contribution in [-0.2, 0) is 14.3 Å². The van der Waals surface area contributed by atoms with Crippen LogP contribution < -0.4 is 19.7 Å². The van der Waals surface area contributed by atoms with Crippen LogP contribution in [0.1, 0.15) is 30.9 Å². The number of alkyl carbamates (subject to hydrolysis) is 1. The molecule has 1 aliphatic carbocycles. The summed E-state index contributed by atoms with van der Waals surface area (Å²) in [6, 6.07) is 19.7. The van der Waals surface area contributed by atoms with Gasteiger partial charge in [-0.1, -0.05) is 62.4 Å². The number of carboxylic acid groups (broad SMARTS) is 1. The van der Waals surface area contributed by atoms with E-state index in [0.717, 1.165) is 27.2 Å². The maximum atomic E-state index is 13.7. The number of amides is 2. The van der Waals surface area contributed by atoms with E-state index in [0.29, 0.717) is 5.75 Å². The first-order chi connectivity index (χ1) is 18.7. The molecule has 0 radical (unpaired) electrons. The van der Waals surface area contributed by atoms with Crippen LogP contribution in [0.25, 0.3) is 11.1 Å². The van der Waals surface area contributed by atoms with Gasteiger partial charge in [0.2, 0.25) is 0 Å². The summed E-state index contributed by atoms with van der Waals surface area (Å²) in [5.41, 5.74) is 4.60. The van der Waals surface area contributed by atoms with Crippen molar-refractivity contribution < 1.29 is 33.7 Å². The number of aliphatic carboxylic acids is 1. The monoisotopic (exact) mass is 532 g/mol. The Hall–Kier alpha value is -4.53. The highest BCUT2D eigenvalue weighted by molar-refractivity contribution is 6.03. The van der Waals surface area contributed by atoms with Gasteiger partial charge in [0.25, 0.3) is 5.91 Å². The van der Waals surface area contributed by atoms with Gasteiger partial charge in [0, 0.05) is 12.0 Å². The fourth-order valence-corrected chi connectivity index (χ4v) is 4.87. The van der Waals surface area contributed by atoms with Gasteiger partial charge in [0.1, 0.15) is 30.7 Å². The van der Waals surface area contributed by atoms with Gasteiger partial charge in [0.05, 0.1) is 19.9 Å². The van der Waals surface area contributed by atoms with Crippen LogP contribution >= 0.6 is 0 Å². The Kier molecular flexibility index (Phi) is 8.39. The lowest BCUT2D eigenvalue weighted by atomic mass is 9.98. The van der Waals surface area contributed by atoms with Gasteiger partial charge in [-0.05, 0) is 40.3 Å². The van der Waals surface area contributed by atoms with Crippen molar-refractivity contribution in [1.29, 1.82) is 0 Å². The number of carbonyl (C=O) groups excluding carboxylic acids is 2. The number of carbonyl (C=O) groups is 3. The minimum Gasteiger partial charge on any atom is -0.497 e. The van der Waals surface area contributed by atoms with Crippen LogP contribution in [0.3, 0.4) is 0 Å². The molecule has 0 bridgehead atoms. The molecule has 0 saturated carbocycles. The van der Waals surface area contributed by atoms with Crippen molar-refractivity contribution in [2.75, 3.05) is 32.3 Å². The van der Waals surface area contributed by atoms with Crippen LogP contribution in [0.4, 0.5) is 10.5 Å². The SMILES string of the molecule is COc1ccc(N(CC(=O)O)C(=O)C(NC(=O)OCC2c3ccccc3-c3ccccc32)C(C)C)c(OC)c1. The molecule has 9 heteroatoms. The first-order valence-corrected chi connectivity index (χ1v) is 12.6. The molecule has 204 valence electrons. The normalized spacial score (nSPS) is 12.7. The van der Waals surface area contributed by atoms with Gasteiger partial charge in [0.15, 0.2) is 0 Å². The summed E-state index contributed by atoms with van der Waals surface area (Å²) in [7, 11) is 2.90. The first-order valence-electron chi connectivity index (χ1n) is 12.6. The van der Waals surface area contributed by atoms with E-state index < -0.39 is 30.6 Å². The second kappa shape index (κ2) is 11.9. The Bertz CT molecular complexity index is 1330. The zero-order valence-electron chi connectivity index (χ0n) is 22.3. The number of anilines is 1. The summed E-state index contributed by atoms with van der Waals surface area (Å²) in [5.74, 6) is -1.58. The highest BCUT2D eigenvalue weighted by Gasteiger charge is 2.34. The molecule has 2 N–H and O–H groups in total. The first kappa shape index (κ1) is 27.5. The molecule has 2 amide bonds. The summed E-state index contributed by atoms with van der Waals surface area (Å²) in [4.78, 5) is 39.4. The Morgan fingerprint density at radius 2 is 1.54 bits per heavy atom. The molecule has 9 nitrogen and oxygen atoms in total. The third kappa shape index (κ3) is 5.82. The van der Waals surface area contributed by atoms with E-state index in [9.17, 15) is 19.5 Å². The van der Waals surface area contributed by atoms with Gasteiger partial charge in [-0.2, -0.15) is 0 Å². The number of methoxy groups -OCH3 is 2. The fraction of sp³-hybridized carbons (Fsp3) is 0.300. The van der Waals surface area contributed by atoms with Gasteiger partial charge in [-0.15, -0.1) is 0 Å². The Labute approximate surface area is 227 Å². The van der Waals surface area contributed by atoms with Crippen LogP contribution in [0.2, 0.25) is 0 Å². The largest absolute Gasteiger partial charge is 0.497 e. The summed E-state index contributed by atoms with van der Waals surface area (Å²) in [6.45, 7) is 2.98. The quantitative estimate of drug-likeness (QED) is 0.390. The summed E-state index contributed by atoms with van der Waals surface area (Å²) < 4.78 is 16.2. The average Bonchev–Trinajstić information content (AvgIpc) is 3.26. The van der Waals surface area contributed by atoms with E-state index in [2.05, 4.69) is 5.32 Å². The third-order valence-electron chi connectivity index (χ3n) is 6.79. The van der Waals surface area contributed by atoms with Crippen molar-refractivity contribution in [3.8, 4) is 22.6 Å². The molecule has 1 atom stereocenters. The Balaban J connectivity index is 1.52. The molecule has 0 spiro atoms. The smallest absolute Gasteiger partial charge is 0.407 e. The number of nitrogens with zero attached hydrogens (tertiary/aromatic N) is 1. The van der Waals surface area contributed by atoms with E-state index in [1.165, 1.54) is 14.2 Å². The zero-order valence-corrected chi connectivity index (χ0v) is 22.3. The summed E-state index contributed by atoms with van der Waals surface area (Å²) in [6.07, 6.45) is -0.763. The molecule has 4 rings (SSSR count). The number of hydrogen-bond donors (Lipinski definition) is 2. The van der Waals surface area contributed by atoms with Crippen molar-refractivity contribution in [3.05, 3.63) is 77.9 Å². The molecule has 0 heterocycles. The van der Waals surface area contributed by atoms with Gasteiger partial charge in [-0.25, -0.2) is 4.79 Å². The number of hydrogen-bond acceptors (Lipinski definition) is 6. The van der Waals surface area contributed by atoms with Crippen molar-refractivity contribution in [3.63, 3.8) is 0 Å². The summed E-state index contributed by atoms with van der Waals surface area (Å²) >= 11 is 0. The lowest BCUT2D eigenvalue weighted by molar-refractivity contribution is -0.137. The van der Waals surface area contributed by atoms with Crippen molar-refractivity contribution in [2.45, 2.75) is 25.8 Å². The van der Waals surface area contributed by atoms with Gasteiger partial charge in [-0.3, -0.25) is 14.5 Å². The molecule has 1 aliphatic rings. The zero-order chi connectivity index (χ0) is 28.1. The molecule has 3 aromatic rings. The third-order valence-corrected chi connectivity index (χ3v) is 6.79. The van der Waals surface area contributed by atoms with E-state index in [1.807, 2.05) is 48.5 Å². The highest BCUT2D eigenvalue weighted by atomic mass is 16.5. The lowest BCUT2D eigenvalue weighted by Crippen LogP contribution is -2.52. The molecule has 3 aromatic carbocycles. The maximum absolute atomic E-state index is 13.7. The van der Waals surface area contributed by atoms with E-state index in [-0.39, 0.29) is 29.9 Å². The number of benzene rings is 3. The Morgan fingerprint density at radius 1 is 0.923 bits per heavy atom. The second-order valence-electron chi connectivity index (χ2n) is 9.55. The average molecular weight is 533 g/mol. The van der Waals surface area contributed by atoms with Crippen molar-refractivity contribution in [2.24, 2.45) is 5.92 Å². The van der Waals surface area contributed by atoms with E-state index in [1.54, 1.807) is 32.0 Å². The topological polar surface area (TPSA) is 114 Å². The molecule has 0 saturated heterocycles. The predicted molar refractivity (Wildman–Crippen MR) is 146 cm³/mol. The molecular weight excluding hydrogens is 500 g/mol. The van der Waals surface area contributed by atoms with Gasteiger partial charge >= 0.3 is 12.1 Å². The number of ether oxygens (including phenoxy) is 3. The van der Waals surface area contributed by atoms with Crippen LogP contribution in [-0.4, -0.2) is 56.5 Å². The van der Waals surface area contributed by atoms with Crippen molar-refractivity contribution >= 4 is 23.7 Å².